The maximum atomic E-state index is 13.5. The predicted molar refractivity (Wildman–Crippen MR) is 113 cm³/mol. The highest BCUT2D eigenvalue weighted by molar-refractivity contribution is 6.43. The Labute approximate surface area is 183 Å². The minimum Gasteiger partial charge on any atom is -0.394 e. The largest absolute Gasteiger partial charge is 0.394 e. The lowest BCUT2D eigenvalue weighted by Crippen LogP contribution is -2.57. The number of aliphatic hydroxyl groups excluding tert-OH is 1. The van der Waals surface area contributed by atoms with Gasteiger partial charge in [-0.05, 0) is 63.1 Å². The van der Waals surface area contributed by atoms with E-state index in [1.54, 1.807) is 11.5 Å². The second-order valence-corrected chi connectivity index (χ2v) is 8.56. The Kier molecular flexibility index (Phi) is 5.85. The van der Waals surface area contributed by atoms with Gasteiger partial charge in [0.1, 0.15) is 0 Å². The number of fused-ring (bicyclic) bond motifs is 1. The summed E-state index contributed by atoms with van der Waals surface area (Å²) in [4.78, 5) is 38.9. The van der Waals surface area contributed by atoms with E-state index in [-0.39, 0.29) is 23.6 Å². The standard InChI is InChI=1S/C23H25F2N3O4/c1-13-18(21(31)26-14-6-7-15(24)16(25)11-14)17-5-2-3-10-28(17)19(13)20(30)22(32)27-23(12-29)8-4-9-23/h6-7,11,29H,2-5,8-10,12H2,1H3,(H,26,31)(H,27,32). The van der Waals surface area contributed by atoms with E-state index < -0.39 is 34.8 Å². The van der Waals surface area contributed by atoms with Crippen molar-refractivity contribution in [2.75, 3.05) is 11.9 Å². The number of aliphatic hydroxyl groups is 1. The normalized spacial score (nSPS) is 16.6. The second-order valence-electron chi connectivity index (χ2n) is 8.56. The minimum absolute atomic E-state index is 0.0875. The van der Waals surface area contributed by atoms with Gasteiger partial charge in [-0.25, -0.2) is 8.78 Å². The topological polar surface area (TPSA) is 100 Å². The molecule has 0 atom stereocenters. The highest BCUT2D eigenvalue weighted by Crippen LogP contribution is 2.32. The lowest BCUT2D eigenvalue weighted by molar-refractivity contribution is -0.120. The zero-order chi connectivity index (χ0) is 23.0. The van der Waals surface area contributed by atoms with Crippen LogP contribution in [0.25, 0.3) is 0 Å². The van der Waals surface area contributed by atoms with E-state index in [0.717, 1.165) is 31.4 Å². The summed E-state index contributed by atoms with van der Waals surface area (Å²) < 4.78 is 28.5. The Morgan fingerprint density at radius 3 is 2.50 bits per heavy atom. The summed E-state index contributed by atoms with van der Waals surface area (Å²) in [7, 11) is 0. The summed E-state index contributed by atoms with van der Waals surface area (Å²) in [5.41, 5.74) is 0.764. The van der Waals surface area contributed by atoms with Crippen molar-refractivity contribution in [2.45, 2.75) is 57.5 Å². The van der Waals surface area contributed by atoms with E-state index in [2.05, 4.69) is 10.6 Å². The van der Waals surface area contributed by atoms with E-state index in [1.165, 1.54) is 6.07 Å². The van der Waals surface area contributed by atoms with Gasteiger partial charge < -0.3 is 20.3 Å². The zero-order valence-electron chi connectivity index (χ0n) is 17.8. The molecule has 1 aromatic carbocycles. The van der Waals surface area contributed by atoms with Gasteiger partial charge in [0, 0.05) is 24.0 Å². The molecule has 32 heavy (non-hydrogen) atoms. The Hall–Kier alpha value is -3.07. The van der Waals surface area contributed by atoms with Gasteiger partial charge in [-0.15, -0.1) is 0 Å². The lowest BCUT2D eigenvalue weighted by Gasteiger charge is -2.40. The third-order valence-corrected chi connectivity index (χ3v) is 6.48. The van der Waals surface area contributed by atoms with Gasteiger partial charge in [-0.3, -0.25) is 14.4 Å². The molecule has 1 aliphatic heterocycles. The van der Waals surface area contributed by atoms with Gasteiger partial charge in [0.05, 0.1) is 23.4 Å². The van der Waals surface area contributed by atoms with Crippen molar-refractivity contribution in [3.8, 4) is 0 Å². The fourth-order valence-electron chi connectivity index (χ4n) is 4.57. The molecule has 1 fully saturated rings. The van der Waals surface area contributed by atoms with Crippen molar-refractivity contribution in [2.24, 2.45) is 0 Å². The van der Waals surface area contributed by atoms with Crippen molar-refractivity contribution in [1.29, 1.82) is 0 Å². The molecule has 0 spiro atoms. The van der Waals surface area contributed by atoms with E-state index in [0.29, 0.717) is 37.1 Å². The van der Waals surface area contributed by atoms with E-state index >= 15 is 0 Å². The van der Waals surface area contributed by atoms with Crippen molar-refractivity contribution >= 4 is 23.3 Å². The van der Waals surface area contributed by atoms with Gasteiger partial charge in [-0.2, -0.15) is 0 Å². The van der Waals surface area contributed by atoms with Crippen LogP contribution in [0.1, 0.15) is 64.2 Å². The van der Waals surface area contributed by atoms with Crippen LogP contribution in [0.15, 0.2) is 18.2 Å². The number of hydrogen-bond acceptors (Lipinski definition) is 4. The Morgan fingerprint density at radius 1 is 1.12 bits per heavy atom. The van der Waals surface area contributed by atoms with Gasteiger partial charge >= 0.3 is 0 Å². The van der Waals surface area contributed by atoms with Gasteiger partial charge in [0.2, 0.25) is 0 Å². The summed E-state index contributed by atoms with van der Waals surface area (Å²) in [6, 6.07) is 3.06. The van der Waals surface area contributed by atoms with Crippen molar-refractivity contribution in [3.63, 3.8) is 0 Å². The number of carbonyl (C=O) groups is 3. The average molecular weight is 445 g/mol. The number of aromatic nitrogens is 1. The molecule has 2 amide bonds. The second kappa shape index (κ2) is 8.46. The smallest absolute Gasteiger partial charge is 0.294 e. The summed E-state index contributed by atoms with van der Waals surface area (Å²) in [5, 5.41) is 14.8. The number of benzene rings is 1. The van der Waals surface area contributed by atoms with Crippen LogP contribution in [0, 0.1) is 18.6 Å². The first-order chi connectivity index (χ1) is 15.3. The van der Waals surface area contributed by atoms with Crippen LogP contribution in [0.4, 0.5) is 14.5 Å². The minimum atomic E-state index is -1.08. The maximum absolute atomic E-state index is 13.5. The fourth-order valence-corrected chi connectivity index (χ4v) is 4.57. The molecule has 7 nitrogen and oxygen atoms in total. The molecular weight excluding hydrogens is 420 g/mol. The molecule has 0 bridgehead atoms. The van der Waals surface area contributed by atoms with Crippen molar-refractivity contribution in [1.82, 2.24) is 9.88 Å². The molecular formula is C23H25F2N3O4. The summed E-state index contributed by atoms with van der Waals surface area (Å²) in [5.74, 6) is -4.21. The van der Waals surface area contributed by atoms with E-state index in [9.17, 15) is 28.3 Å². The third-order valence-electron chi connectivity index (χ3n) is 6.48. The van der Waals surface area contributed by atoms with Crippen LogP contribution in [-0.4, -0.2) is 39.4 Å². The van der Waals surface area contributed by atoms with E-state index in [4.69, 9.17) is 0 Å². The molecule has 9 heteroatoms. The van der Waals surface area contributed by atoms with Crippen LogP contribution < -0.4 is 10.6 Å². The van der Waals surface area contributed by atoms with Crippen LogP contribution >= 0.6 is 0 Å². The molecule has 1 aromatic heterocycles. The Bertz CT molecular complexity index is 1100. The highest BCUT2D eigenvalue weighted by Gasteiger charge is 2.40. The highest BCUT2D eigenvalue weighted by atomic mass is 19.2. The zero-order valence-corrected chi connectivity index (χ0v) is 17.8. The number of nitrogens with zero attached hydrogens (tertiary/aromatic N) is 1. The first-order valence-corrected chi connectivity index (χ1v) is 10.7. The Balaban J connectivity index is 1.66. The number of halogens is 2. The molecule has 0 unspecified atom stereocenters. The molecule has 0 radical (unpaired) electrons. The quantitative estimate of drug-likeness (QED) is 0.470. The van der Waals surface area contributed by atoms with E-state index in [1.807, 2.05) is 0 Å². The monoisotopic (exact) mass is 445 g/mol. The first-order valence-electron chi connectivity index (χ1n) is 10.7. The van der Waals surface area contributed by atoms with Crippen LogP contribution in [0.5, 0.6) is 0 Å². The van der Waals surface area contributed by atoms with Gasteiger partial charge in [0.25, 0.3) is 17.6 Å². The van der Waals surface area contributed by atoms with Crippen LogP contribution in [-0.2, 0) is 17.8 Å². The Morgan fingerprint density at radius 2 is 1.88 bits per heavy atom. The molecule has 2 aromatic rings. The molecule has 1 saturated carbocycles. The molecule has 2 heterocycles. The van der Waals surface area contributed by atoms with Crippen LogP contribution in [0.3, 0.4) is 0 Å². The molecule has 0 saturated heterocycles. The summed E-state index contributed by atoms with van der Waals surface area (Å²) >= 11 is 0. The number of amides is 2. The van der Waals surface area contributed by atoms with Crippen molar-refractivity contribution in [3.05, 3.63) is 52.3 Å². The van der Waals surface area contributed by atoms with Crippen molar-refractivity contribution < 1.29 is 28.3 Å². The summed E-state index contributed by atoms with van der Waals surface area (Å²) in [6.07, 6.45) is 4.25. The van der Waals surface area contributed by atoms with Crippen LogP contribution in [0.2, 0.25) is 0 Å². The summed E-state index contributed by atoms with van der Waals surface area (Å²) in [6.45, 7) is 1.87. The van der Waals surface area contributed by atoms with Gasteiger partial charge in [-0.1, -0.05) is 0 Å². The molecule has 170 valence electrons. The molecule has 3 N–H and O–H groups in total. The predicted octanol–water partition coefficient (Wildman–Crippen LogP) is 2.88. The molecule has 1 aliphatic carbocycles. The fraction of sp³-hybridized carbons (Fsp3) is 0.435. The molecule has 4 rings (SSSR count). The number of anilines is 1. The molecule has 2 aliphatic rings. The average Bonchev–Trinajstić information content (AvgIpc) is 3.04. The number of ketones is 1. The maximum Gasteiger partial charge on any atom is 0.294 e. The lowest BCUT2D eigenvalue weighted by atomic mass is 9.77. The number of rotatable bonds is 6. The number of Topliss-reactive ketones (excluding diaryl/α,β-unsaturated/α-hetero) is 1. The number of hydrogen-bond donors (Lipinski definition) is 3. The SMILES string of the molecule is Cc1c(C(=O)Nc2ccc(F)c(F)c2)c2n(c1C(=O)C(=O)NC1(CO)CCC1)CCCC2. The number of nitrogens with one attached hydrogen (secondary N) is 2. The van der Waals surface area contributed by atoms with Gasteiger partial charge in [0.15, 0.2) is 11.6 Å². The number of carbonyl (C=O) groups excluding carboxylic acids is 3. The first kappa shape index (κ1) is 22.1. The third kappa shape index (κ3) is 3.81.